The number of carbonyl (C=O) groups is 1. The molecule has 1 atom stereocenters. The minimum atomic E-state index is -4.04. The normalized spacial score (nSPS) is 17.9. The summed E-state index contributed by atoms with van der Waals surface area (Å²) >= 11 is 5.72. The van der Waals surface area contributed by atoms with E-state index in [1.807, 2.05) is 6.92 Å². The van der Waals surface area contributed by atoms with Gasteiger partial charge in [0.05, 0.1) is 6.61 Å². The first-order valence-corrected chi connectivity index (χ1v) is 10.1. The lowest BCUT2D eigenvalue weighted by molar-refractivity contribution is -0.190. The highest BCUT2D eigenvalue weighted by Crippen LogP contribution is 2.53. The van der Waals surface area contributed by atoms with Crippen molar-refractivity contribution in [3.05, 3.63) is 30.3 Å². The van der Waals surface area contributed by atoms with Crippen LogP contribution >= 0.6 is 18.2 Å². The van der Waals surface area contributed by atoms with Gasteiger partial charge in [0.1, 0.15) is 12.3 Å². The third kappa shape index (κ3) is 6.15. The minimum absolute atomic E-state index is 0.132. The second-order valence-electron chi connectivity index (χ2n) is 5.23. The zero-order valence-electron chi connectivity index (χ0n) is 13.0. The summed E-state index contributed by atoms with van der Waals surface area (Å²) in [6, 6.07) is 8.50. The van der Waals surface area contributed by atoms with Crippen LogP contribution in [-0.4, -0.2) is 30.2 Å². The smallest absolute Gasteiger partial charge is 0.405 e. The predicted molar refractivity (Wildman–Crippen MR) is 87.2 cm³/mol. The Hall–Kier alpha value is -1.07. The van der Waals surface area contributed by atoms with Gasteiger partial charge >= 0.3 is 12.9 Å². The van der Waals surface area contributed by atoms with Crippen molar-refractivity contribution < 1.29 is 23.2 Å². The second kappa shape index (κ2) is 8.69. The first kappa shape index (κ1) is 18.3. The Bertz CT molecular complexity index is 550. The summed E-state index contributed by atoms with van der Waals surface area (Å²) in [7, 11) is 0. The van der Waals surface area contributed by atoms with E-state index in [0.29, 0.717) is 6.61 Å². The van der Waals surface area contributed by atoms with E-state index in [0.717, 1.165) is 25.7 Å². The molecule has 0 radical (unpaired) electrons. The van der Waals surface area contributed by atoms with Gasteiger partial charge in [0.25, 0.3) is 0 Å². The minimum Gasteiger partial charge on any atom is -0.405 e. The molecular formula is C15H21ClNO5P. The highest BCUT2D eigenvalue weighted by molar-refractivity contribution is 7.82. The van der Waals surface area contributed by atoms with Crippen LogP contribution in [0.1, 0.15) is 32.6 Å². The number of hydrogen-bond donors (Lipinski definition) is 0. The van der Waals surface area contributed by atoms with Crippen molar-refractivity contribution in [2.45, 2.75) is 38.6 Å². The highest BCUT2D eigenvalue weighted by atomic mass is 35.7. The van der Waals surface area contributed by atoms with Gasteiger partial charge in [-0.05, 0) is 31.9 Å². The molecule has 6 nitrogen and oxygen atoms in total. The third-order valence-electron chi connectivity index (χ3n) is 3.48. The molecule has 2 rings (SSSR count). The molecule has 1 aliphatic rings. The molecule has 0 saturated heterocycles. The van der Waals surface area contributed by atoms with E-state index in [-0.39, 0.29) is 18.3 Å². The van der Waals surface area contributed by atoms with Crippen molar-refractivity contribution >= 4 is 24.2 Å². The van der Waals surface area contributed by atoms with E-state index in [1.165, 1.54) is 0 Å². The lowest BCUT2D eigenvalue weighted by Gasteiger charge is -2.26. The summed E-state index contributed by atoms with van der Waals surface area (Å²) in [6.07, 6.45) is 4.14. The van der Waals surface area contributed by atoms with Crippen molar-refractivity contribution in [2.24, 2.45) is 0 Å². The number of carbonyl (C=O) groups excluding carboxylic acids is 1. The molecule has 23 heavy (non-hydrogen) atoms. The van der Waals surface area contributed by atoms with Gasteiger partial charge < -0.3 is 9.05 Å². The molecule has 0 amide bonds. The van der Waals surface area contributed by atoms with Crippen molar-refractivity contribution in [1.29, 1.82) is 0 Å². The molecule has 8 heteroatoms. The Labute approximate surface area is 140 Å². The molecule has 0 heterocycles. The first-order valence-electron chi connectivity index (χ1n) is 7.66. The SMILES string of the molecule is CCON(CC(=O)OP(=O)(Cl)Oc1ccccc1)C1CCCC1. The molecule has 0 bridgehead atoms. The fourth-order valence-corrected chi connectivity index (χ4v) is 3.72. The largest absolute Gasteiger partial charge is 0.532 e. The number of halogens is 1. The van der Waals surface area contributed by atoms with Crippen molar-refractivity contribution in [3.8, 4) is 5.75 Å². The lowest BCUT2D eigenvalue weighted by Crippen LogP contribution is -2.38. The van der Waals surface area contributed by atoms with E-state index in [9.17, 15) is 9.36 Å². The van der Waals surface area contributed by atoms with Gasteiger partial charge in [0.2, 0.25) is 0 Å². The van der Waals surface area contributed by atoms with Gasteiger partial charge in [-0.15, -0.1) is 0 Å². The number of rotatable bonds is 8. The fraction of sp³-hybridized carbons (Fsp3) is 0.533. The molecule has 1 aromatic rings. The number of nitrogens with zero attached hydrogens (tertiary/aromatic N) is 1. The zero-order chi connectivity index (χ0) is 16.7. The van der Waals surface area contributed by atoms with Crippen LogP contribution in [0.5, 0.6) is 5.75 Å². The average Bonchev–Trinajstić information content (AvgIpc) is 3.00. The number of benzene rings is 1. The standard InChI is InChI=1S/C15H21ClNO5P/c1-2-20-17(13-8-6-7-9-13)12-15(18)22-23(16,19)21-14-10-4-3-5-11-14/h3-5,10-11,13H,2,6-9,12H2,1H3. The molecular weight excluding hydrogens is 341 g/mol. The zero-order valence-corrected chi connectivity index (χ0v) is 14.7. The summed E-state index contributed by atoms with van der Waals surface area (Å²) in [5.41, 5.74) is 0. The number of para-hydroxylation sites is 1. The summed E-state index contributed by atoms with van der Waals surface area (Å²) in [6.45, 7) is -1.88. The molecule has 0 aromatic heterocycles. The maximum absolute atomic E-state index is 12.1. The van der Waals surface area contributed by atoms with Gasteiger partial charge in [-0.2, -0.15) is 5.06 Å². The Morgan fingerprint density at radius 1 is 1.30 bits per heavy atom. The number of hydroxylamine groups is 2. The molecule has 1 aliphatic carbocycles. The van der Waals surface area contributed by atoms with Gasteiger partial charge in [-0.1, -0.05) is 31.0 Å². The third-order valence-corrected chi connectivity index (χ3v) is 4.74. The maximum atomic E-state index is 12.1. The maximum Gasteiger partial charge on any atom is 0.532 e. The van der Waals surface area contributed by atoms with Crippen LogP contribution in [-0.2, 0) is 18.7 Å². The van der Waals surface area contributed by atoms with Crippen LogP contribution in [0, 0.1) is 0 Å². The second-order valence-corrected chi connectivity index (χ2v) is 7.70. The summed E-state index contributed by atoms with van der Waals surface area (Å²) in [4.78, 5) is 17.5. The van der Waals surface area contributed by atoms with Gasteiger partial charge in [0.15, 0.2) is 0 Å². The molecule has 1 saturated carbocycles. The van der Waals surface area contributed by atoms with E-state index in [4.69, 9.17) is 25.1 Å². The van der Waals surface area contributed by atoms with Crippen molar-refractivity contribution in [3.63, 3.8) is 0 Å². The lowest BCUT2D eigenvalue weighted by atomic mass is 10.2. The van der Waals surface area contributed by atoms with Crippen LogP contribution < -0.4 is 4.52 Å². The van der Waals surface area contributed by atoms with E-state index >= 15 is 0 Å². The van der Waals surface area contributed by atoms with Gasteiger partial charge in [0, 0.05) is 17.3 Å². The molecule has 1 aromatic carbocycles. The molecule has 0 N–H and O–H groups in total. The van der Waals surface area contributed by atoms with Crippen LogP contribution in [0.2, 0.25) is 0 Å². The Kier molecular flexibility index (Phi) is 6.90. The first-order chi connectivity index (χ1) is 11.0. The topological polar surface area (TPSA) is 65.1 Å². The van der Waals surface area contributed by atoms with Crippen LogP contribution in [0.15, 0.2) is 30.3 Å². The predicted octanol–water partition coefficient (Wildman–Crippen LogP) is 4.15. The summed E-state index contributed by atoms with van der Waals surface area (Å²) in [5.74, 6) is -0.462. The van der Waals surface area contributed by atoms with Crippen molar-refractivity contribution in [2.75, 3.05) is 13.2 Å². The van der Waals surface area contributed by atoms with E-state index in [2.05, 4.69) is 0 Å². The Balaban J connectivity index is 1.89. The summed E-state index contributed by atoms with van der Waals surface area (Å²) in [5, 5.41) is 1.59. The van der Waals surface area contributed by atoms with Gasteiger partial charge in [-0.3, -0.25) is 9.63 Å². The highest BCUT2D eigenvalue weighted by Gasteiger charge is 2.31. The van der Waals surface area contributed by atoms with Crippen LogP contribution in [0.4, 0.5) is 0 Å². The molecule has 1 fully saturated rings. The van der Waals surface area contributed by atoms with E-state index in [1.54, 1.807) is 35.4 Å². The average molecular weight is 362 g/mol. The number of hydrogen-bond acceptors (Lipinski definition) is 6. The van der Waals surface area contributed by atoms with Crippen LogP contribution in [0.25, 0.3) is 0 Å². The molecule has 0 aliphatic heterocycles. The Morgan fingerprint density at radius 3 is 2.57 bits per heavy atom. The monoisotopic (exact) mass is 361 g/mol. The van der Waals surface area contributed by atoms with E-state index < -0.39 is 12.9 Å². The molecule has 1 unspecified atom stereocenters. The Morgan fingerprint density at radius 2 is 1.96 bits per heavy atom. The molecule has 0 spiro atoms. The quantitative estimate of drug-likeness (QED) is 0.512. The summed E-state index contributed by atoms with van der Waals surface area (Å²) < 4.78 is 22.0. The molecule has 128 valence electrons. The van der Waals surface area contributed by atoms with Crippen molar-refractivity contribution in [1.82, 2.24) is 5.06 Å². The van der Waals surface area contributed by atoms with Crippen LogP contribution in [0.3, 0.4) is 0 Å². The fourth-order valence-electron chi connectivity index (χ4n) is 2.54. The van der Waals surface area contributed by atoms with Gasteiger partial charge in [-0.25, -0.2) is 4.57 Å².